The molecule has 1 fully saturated rings. The Balaban J connectivity index is 1.69. The van der Waals surface area contributed by atoms with Crippen LogP contribution >= 0.6 is 11.6 Å². The van der Waals surface area contributed by atoms with Crippen LogP contribution < -0.4 is 15.4 Å². The highest BCUT2D eigenvalue weighted by Gasteiger charge is 2.23. The molecule has 1 aromatic heterocycles. The monoisotopic (exact) mass is 384 g/mol. The second-order valence-electron chi connectivity index (χ2n) is 6.69. The second kappa shape index (κ2) is 7.58. The number of aromatic hydroxyl groups is 1. The van der Waals surface area contributed by atoms with Crippen LogP contribution in [0.15, 0.2) is 42.7 Å². The molecule has 6 nitrogen and oxygen atoms in total. The lowest BCUT2D eigenvalue weighted by atomic mass is 10.1. The normalized spacial score (nSPS) is 17.8. The highest BCUT2D eigenvalue weighted by Crippen LogP contribution is 2.34. The van der Waals surface area contributed by atoms with Crippen molar-refractivity contribution in [3.8, 4) is 11.5 Å². The van der Waals surface area contributed by atoms with Gasteiger partial charge in [0.1, 0.15) is 29.7 Å². The zero-order valence-corrected chi connectivity index (χ0v) is 15.7. The molecule has 2 aromatic carbocycles. The molecule has 0 radical (unpaired) electrons. The molecule has 3 aromatic rings. The van der Waals surface area contributed by atoms with Gasteiger partial charge in [-0.1, -0.05) is 17.7 Å². The lowest BCUT2D eigenvalue weighted by Gasteiger charge is -2.22. The van der Waals surface area contributed by atoms with Gasteiger partial charge in [0.15, 0.2) is 0 Å². The van der Waals surface area contributed by atoms with E-state index in [4.69, 9.17) is 16.3 Å². The van der Waals surface area contributed by atoms with Gasteiger partial charge < -0.3 is 20.5 Å². The minimum absolute atomic E-state index is 0.0364. The van der Waals surface area contributed by atoms with Gasteiger partial charge in [0.05, 0.1) is 15.9 Å². The Morgan fingerprint density at radius 3 is 2.96 bits per heavy atom. The van der Waals surface area contributed by atoms with Crippen LogP contribution in [-0.4, -0.2) is 33.8 Å². The summed E-state index contributed by atoms with van der Waals surface area (Å²) >= 11 is 6.02. The first-order chi connectivity index (χ1) is 13.1. The van der Waals surface area contributed by atoms with Crippen molar-refractivity contribution in [3.63, 3.8) is 0 Å². The first kappa shape index (κ1) is 17.8. The molecule has 0 amide bonds. The number of nitrogens with zero attached hydrogens (tertiary/aromatic N) is 2. The van der Waals surface area contributed by atoms with E-state index in [1.54, 1.807) is 18.2 Å². The van der Waals surface area contributed by atoms with E-state index in [2.05, 4.69) is 27.5 Å². The van der Waals surface area contributed by atoms with Gasteiger partial charge in [-0.25, -0.2) is 9.97 Å². The zero-order chi connectivity index (χ0) is 18.8. The van der Waals surface area contributed by atoms with Crippen molar-refractivity contribution in [1.82, 2.24) is 15.3 Å². The first-order valence-electron chi connectivity index (χ1n) is 9.01. The average molecular weight is 385 g/mol. The summed E-state index contributed by atoms with van der Waals surface area (Å²) in [7, 11) is 0. The summed E-state index contributed by atoms with van der Waals surface area (Å²) in [5, 5.41) is 17.4. The standard InChI is InChI=1S/C20H21ClN4O2/c1-12(15-5-3-9-22-15)27-18-6-2-4-16-19(18)20(24-11-23-16)25-13-7-8-17(26)14(21)10-13/h2,4,6-8,10-12,15,22,26H,3,5,9H2,1H3,(H,23,24,25)/t12-,15-/m1/s1. The van der Waals surface area contributed by atoms with Crippen LogP contribution in [0.1, 0.15) is 19.8 Å². The fraction of sp³-hybridized carbons (Fsp3) is 0.300. The molecule has 0 aliphatic carbocycles. The maximum absolute atomic E-state index is 9.62. The molecule has 7 heteroatoms. The Labute approximate surface area is 162 Å². The second-order valence-corrected chi connectivity index (χ2v) is 7.10. The van der Waals surface area contributed by atoms with E-state index in [1.165, 1.54) is 12.7 Å². The van der Waals surface area contributed by atoms with Gasteiger partial charge >= 0.3 is 0 Å². The topological polar surface area (TPSA) is 79.3 Å². The van der Waals surface area contributed by atoms with Crippen molar-refractivity contribution in [1.29, 1.82) is 0 Å². The molecule has 27 heavy (non-hydrogen) atoms. The van der Waals surface area contributed by atoms with Crippen molar-refractivity contribution in [2.24, 2.45) is 0 Å². The van der Waals surface area contributed by atoms with Gasteiger partial charge in [-0.2, -0.15) is 0 Å². The molecule has 2 heterocycles. The summed E-state index contributed by atoms with van der Waals surface area (Å²) in [6, 6.07) is 11.1. The van der Waals surface area contributed by atoms with E-state index in [0.717, 1.165) is 35.3 Å². The van der Waals surface area contributed by atoms with Crippen LogP contribution in [0.5, 0.6) is 11.5 Å². The fourth-order valence-corrected chi connectivity index (χ4v) is 3.57. The fourth-order valence-electron chi connectivity index (χ4n) is 3.39. The number of rotatable bonds is 5. The zero-order valence-electron chi connectivity index (χ0n) is 14.9. The Hall–Kier alpha value is -2.57. The van der Waals surface area contributed by atoms with Crippen LogP contribution in [0.2, 0.25) is 5.02 Å². The molecular weight excluding hydrogens is 364 g/mol. The lowest BCUT2D eigenvalue weighted by Crippen LogP contribution is -2.36. The van der Waals surface area contributed by atoms with Crippen LogP contribution in [0.3, 0.4) is 0 Å². The number of fused-ring (bicyclic) bond motifs is 1. The van der Waals surface area contributed by atoms with E-state index >= 15 is 0 Å². The predicted molar refractivity (Wildman–Crippen MR) is 107 cm³/mol. The number of aromatic nitrogens is 2. The van der Waals surface area contributed by atoms with Crippen LogP contribution in [0.25, 0.3) is 10.9 Å². The van der Waals surface area contributed by atoms with Crippen LogP contribution in [0.4, 0.5) is 11.5 Å². The Morgan fingerprint density at radius 2 is 2.19 bits per heavy atom. The van der Waals surface area contributed by atoms with Crippen molar-refractivity contribution in [3.05, 3.63) is 47.7 Å². The third-order valence-corrected chi connectivity index (χ3v) is 5.12. The summed E-state index contributed by atoms with van der Waals surface area (Å²) in [5.41, 5.74) is 1.51. The largest absolute Gasteiger partial charge is 0.506 e. The maximum atomic E-state index is 9.62. The summed E-state index contributed by atoms with van der Waals surface area (Å²) in [4.78, 5) is 8.76. The van der Waals surface area contributed by atoms with E-state index in [9.17, 15) is 5.11 Å². The molecule has 1 aliphatic rings. The van der Waals surface area contributed by atoms with Crippen LogP contribution in [-0.2, 0) is 0 Å². The number of phenolic OH excluding ortho intramolecular Hbond substituents is 1. The number of hydrogen-bond donors (Lipinski definition) is 3. The Morgan fingerprint density at radius 1 is 1.30 bits per heavy atom. The van der Waals surface area contributed by atoms with E-state index in [1.807, 2.05) is 18.2 Å². The van der Waals surface area contributed by atoms with Crippen molar-refractivity contribution >= 4 is 34.0 Å². The number of halogens is 1. The maximum Gasteiger partial charge on any atom is 0.145 e. The van der Waals surface area contributed by atoms with Crippen molar-refractivity contribution in [2.75, 3.05) is 11.9 Å². The SMILES string of the molecule is C[C@@H](Oc1cccc2ncnc(Nc3ccc(O)c(Cl)c3)c12)[C@H]1CCCN1. The highest BCUT2D eigenvalue weighted by atomic mass is 35.5. The number of nitrogens with one attached hydrogen (secondary N) is 2. The Bertz CT molecular complexity index is 955. The van der Waals surface area contributed by atoms with Gasteiger partial charge in [-0.15, -0.1) is 0 Å². The minimum atomic E-state index is 0.0364. The van der Waals surface area contributed by atoms with E-state index in [0.29, 0.717) is 11.9 Å². The van der Waals surface area contributed by atoms with Gasteiger partial charge in [0.2, 0.25) is 0 Å². The third-order valence-electron chi connectivity index (χ3n) is 4.81. The molecule has 4 rings (SSSR count). The van der Waals surface area contributed by atoms with Gasteiger partial charge in [-0.05, 0) is 56.6 Å². The predicted octanol–water partition coefficient (Wildman–Crippen LogP) is 4.25. The van der Waals surface area contributed by atoms with E-state index in [-0.39, 0.29) is 16.9 Å². The lowest BCUT2D eigenvalue weighted by molar-refractivity contribution is 0.182. The van der Waals surface area contributed by atoms with E-state index < -0.39 is 0 Å². The van der Waals surface area contributed by atoms with Crippen molar-refractivity contribution in [2.45, 2.75) is 31.9 Å². The molecule has 0 bridgehead atoms. The van der Waals surface area contributed by atoms with Gasteiger partial charge in [0.25, 0.3) is 0 Å². The Kier molecular flexibility index (Phi) is 5.01. The van der Waals surface area contributed by atoms with Gasteiger partial charge in [-0.3, -0.25) is 0 Å². The summed E-state index contributed by atoms with van der Waals surface area (Å²) in [5.74, 6) is 1.40. The van der Waals surface area contributed by atoms with Crippen LogP contribution in [0, 0.1) is 0 Å². The number of anilines is 2. The summed E-state index contributed by atoms with van der Waals surface area (Å²) in [6.07, 6.45) is 3.83. The molecule has 140 valence electrons. The average Bonchev–Trinajstić information content (AvgIpc) is 3.20. The molecular formula is C20H21ClN4O2. The molecule has 3 N–H and O–H groups in total. The number of phenols is 1. The first-order valence-corrected chi connectivity index (χ1v) is 9.39. The third kappa shape index (κ3) is 3.77. The van der Waals surface area contributed by atoms with Gasteiger partial charge in [0, 0.05) is 11.7 Å². The molecule has 0 unspecified atom stereocenters. The summed E-state index contributed by atoms with van der Waals surface area (Å²) in [6.45, 7) is 3.11. The molecule has 0 saturated carbocycles. The quantitative estimate of drug-likeness (QED) is 0.570. The molecule has 0 spiro atoms. The summed E-state index contributed by atoms with van der Waals surface area (Å²) < 4.78 is 6.28. The molecule has 2 atom stereocenters. The number of benzene rings is 2. The number of hydrogen-bond acceptors (Lipinski definition) is 6. The molecule has 1 saturated heterocycles. The highest BCUT2D eigenvalue weighted by molar-refractivity contribution is 6.32. The molecule has 1 aliphatic heterocycles. The number of ether oxygens (including phenoxy) is 1. The van der Waals surface area contributed by atoms with Crippen molar-refractivity contribution < 1.29 is 9.84 Å². The smallest absolute Gasteiger partial charge is 0.145 e. The minimum Gasteiger partial charge on any atom is -0.506 e.